The number of halogens is 1. The van der Waals surface area contributed by atoms with Gasteiger partial charge in [-0.15, -0.1) is 0 Å². The van der Waals surface area contributed by atoms with Crippen molar-refractivity contribution in [2.75, 3.05) is 24.5 Å². The number of nitrogens with one attached hydrogen (secondary N) is 1. The van der Waals surface area contributed by atoms with Crippen LogP contribution < -0.4 is 10.2 Å². The second-order valence-corrected chi connectivity index (χ2v) is 5.67. The number of hydrogen-bond donors (Lipinski definition) is 1. The predicted molar refractivity (Wildman–Crippen MR) is 77.8 cm³/mol. The van der Waals surface area contributed by atoms with Crippen LogP contribution >= 0.6 is 15.9 Å². The van der Waals surface area contributed by atoms with Crippen LogP contribution in [0.5, 0.6) is 0 Å². The van der Waals surface area contributed by atoms with Crippen LogP contribution in [0.3, 0.4) is 0 Å². The topological polar surface area (TPSA) is 15.3 Å². The highest BCUT2D eigenvalue weighted by Crippen LogP contribution is 2.28. The third-order valence-corrected chi connectivity index (χ3v) is 4.05. The lowest BCUT2D eigenvalue weighted by atomic mass is 10.2. The third kappa shape index (κ3) is 3.23. The smallest absolute Gasteiger partial charge is 0.0511 e. The lowest BCUT2D eigenvalue weighted by Gasteiger charge is -2.27. The molecule has 1 aromatic rings. The van der Waals surface area contributed by atoms with Crippen LogP contribution in [0.1, 0.15) is 25.3 Å². The van der Waals surface area contributed by atoms with Gasteiger partial charge in [-0.2, -0.15) is 0 Å². The molecule has 1 aromatic carbocycles. The van der Waals surface area contributed by atoms with Gasteiger partial charge in [-0.25, -0.2) is 0 Å². The largest absolute Gasteiger partial charge is 0.369 e. The minimum atomic E-state index is 0.616. The molecule has 0 amide bonds. The second-order valence-electron chi connectivity index (χ2n) is 4.81. The second kappa shape index (κ2) is 5.87. The molecule has 0 bridgehead atoms. The Hall–Kier alpha value is -0.540. The summed E-state index contributed by atoms with van der Waals surface area (Å²) in [4.78, 5) is 2.50. The van der Waals surface area contributed by atoms with Gasteiger partial charge < -0.3 is 10.2 Å². The zero-order valence-corrected chi connectivity index (χ0v) is 12.3. The molecule has 0 aliphatic carbocycles. The van der Waals surface area contributed by atoms with E-state index < -0.39 is 0 Å². The first-order valence-corrected chi connectivity index (χ1v) is 7.24. The van der Waals surface area contributed by atoms with Crippen molar-refractivity contribution < 1.29 is 0 Å². The number of aryl methyl sites for hydroxylation is 1. The Morgan fingerprint density at radius 3 is 3.00 bits per heavy atom. The number of rotatable bonds is 2. The highest BCUT2D eigenvalue weighted by Gasteiger charge is 2.17. The standard InChI is InChI=1S/C14H21BrN2/c1-3-12-10-17(8-4-7-16-12)14-6-5-11(2)9-13(14)15/h5-6,9,12,16H,3-4,7-8,10H2,1-2H3. The molecule has 0 aromatic heterocycles. The van der Waals surface area contributed by atoms with Gasteiger partial charge in [-0.3, -0.25) is 0 Å². The van der Waals surface area contributed by atoms with Gasteiger partial charge in [-0.1, -0.05) is 13.0 Å². The van der Waals surface area contributed by atoms with Crippen LogP contribution in [0.2, 0.25) is 0 Å². The van der Waals surface area contributed by atoms with E-state index in [2.05, 4.69) is 58.2 Å². The zero-order valence-electron chi connectivity index (χ0n) is 10.7. The normalized spacial score (nSPS) is 21.4. The number of hydrogen-bond acceptors (Lipinski definition) is 2. The van der Waals surface area contributed by atoms with Crippen molar-refractivity contribution in [3.05, 3.63) is 28.2 Å². The van der Waals surface area contributed by atoms with Gasteiger partial charge in [0.15, 0.2) is 0 Å². The van der Waals surface area contributed by atoms with Crippen molar-refractivity contribution in [2.24, 2.45) is 0 Å². The van der Waals surface area contributed by atoms with E-state index in [0.717, 1.165) is 19.6 Å². The molecule has 1 aliphatic heterocycles. The van der Waals surface area contributed by atoms with E-state index >= 15 is 0 Å². The monoisotopic (exact) mass is 296 g/mol. The van der Waals surface area contributed by atoms with Crippen LogP contribution in [0.25, 0.3) is 0 Å². The summed E-state index contributed by atoms with van der Waals surface area (Å²) in [6, 6.07) is 7.25. The lowest BCUT2D eigenvalue weighted by molar-refractivity contribution is 0.528. The number of benzene rings is 1. The maximum absolute atomic E-state index is 3.69. The number of anilines is 1. The summed E-state index contributed by atoms with van der Waals surface area (Å²) in [5, 5.41) is 3.60. The first-order valence-electron chi connectivity index (χ1n) is 6.45. The predicted octanol–water partition coefficient (Wildman–Crippen LogP) is 3.34. The lowest BCUT2D eigenvalue weighted by Crippen LogP contribution is -2.37. The SMILES string of the molecule is CCC1CN(c2ccc(C)cc2Br)CCCN1. The van der Waals surface area contributed by atoms with Crippen molar-refractivity contribution in [1.29, 1.82) is 0 Å². The summed E-state index contributed by atoms with van der Waals surface area (Å²) >= 11 is 3.69. The highest BCUT2D eigenvalue weighted by molar-refractivity contribution is 9.10. The van der Waals surface area contributed by atoms with Gasteiger partial charge in [-0.05, 0) is 59.9 Å². The molecule has 2 nitrogen and oxygen atoms in total. The van der Waals surface area contributed by atoms with Gasteiger partial charge >= 0.3 is 0 Å². The van der Waals surface area contributed by atoms with Gasteiger partial charge in [0.1, 0.15) is 0 Å². The summed E-state index contributed by atoms with van der Waals surface area (Å²) in [5.41, 5.74) is 2.64. The van der Waals surface area contributed by atoms with Crippen molar-refractivity contribution in [1.82, 2.24) is 5.32 Å². The van der Waals surface area contributed by atoms with E-state index in [9.17, 15) is 0 Å². The zero-order chi connectivity index (χ0) is 12.3. The quantitative estimate of drug-likeness (QED) is 0.900. The summed E-state index contributed by atoms with van der Waals surface area (Å²) in [7, 11) is 0. The first kappa shape index (κ1) is 12.9. The molecule has 1 saturated heterocycles. The Morgan fingerprint density at radius 1 is 1.47 bits per heavy atom. The molecule has 94 valence electrons. The van der Waals surface area contributed by atoms with E-state index in [1.54, 1.807) is 0 Å². The summed E-state index contributed by atoms with van der Waals surface area (Å²) in [6.45, 7) is 7.78. The number of nitrogens with zero attached hydrogens (tertiary/aromatic N) is 1. The first-order chi connectivity index (χ1) is 8.20. The van der Waals surface area contributed by atoms with Crippen LogP contribution in [-0.4, -0.2) is 25.7 Å². The highest BCUT2D eigenvalue weighted by atomic mass is 79.9. The molecule has 0 radical (unpaired) electrons. The molecule has 1 N–H and O–H groups in total. The van der Waals surface area contributed by atoms with E-state index in [1.165, 1.54) is 28.6 Å². The van der Waals surface area contributed by atoms with Crippen LogP contribution in [-0.2, 0) is 0 Å². The molecule has 1 fully saturated rings. The fourth-order valence-corrected chi connectivity index (χ4v) is 3.10. The average Bonchev–Trinajstić information content (AvgIpc) is 2.54. The third-order valence-electron chi connectivity index (χ3n) is 3.42. The Kier molecular flexibility index (Phi) is 4.46. The van der Waals surface area contributed by atoms with Crippen LogP contribution in [0.15, 0.2) is 22.7 Å². The van der Waals surface area contributed by atoms with E-state index in [4.69, 9.17) is 0 Å². The maximum atomic E-state index is 3.69. The molecular weight excluding hydrogens is 276 g/mol. The van der Waals surface area contributed by atoms with E-state index in [0.29, 0.717) is 6.04 Å². The Bertz CT molecular complexity index is 378. The summed E-state index contributed by atoms with van der Waals surface area (Å²) in [6.07, 6.45) is 2.41. The molecule has 17 heavy (non-hydrogen) atoms. The molecule has 3 heteroatoms. The minimum absolute atomic E-state index is 0.616. The van der Waals surface area contributed by atoms with Crippen molar-refractivity contribution >= 4 is 21.6 Å². The van der Waals surface area contributed by atoms with Crippen molar-refractivity contribution in [3.8, 4) is 0 Å². The maximum Gasteiger partial charge on any atom is 0.0511 e. The molecule has 0 saturated carbocycles. The average molecular weight is 297 g/mol. The van der Waals surface area contributed by atoms with Gasteiger partial charge in [0.05, 0.1) is 5.69 Å². The fourth-order valence-electron chi connectivity index (χ4n) is 2.36. The van der Waals surface area contributed by atoms with Gasteiger partial charge in [0.2, 0.25) is 0 Å². The molecule has 1 unspecified atom stereocenters. The molecule has 1 atom stereocenters. The minimum Gasteiger partial charge on any atom is -0.369 e. The Morgan fingerprint density at radius 2 is 2.29 bits per heavy atom. The van der Waals surface area contributed by atoms with Crippen molar-refractivity contribution in [2.45, 2.75) is 32.7 Å². The molecule has 1 aliphatic rings. The van der Waals surface area contributed by atoms with Crippen LogP contribution in [0.4, 0.5) is 5.69 Å². The van der Waals surface area contributed by atoms with Crippen LogP contribution in [0, 0.1) is 6.92 Å². The Labute approximate surface area is 113 Å². The fraction of sp³-hybridized carbons (Fsp3) is 0.571. The summed E-state index contributed by atoms with van der Waals surface area (Å²) < 4.78 is 1.22. The Balaban J connectivity index is 2.19. The summed E-state index contributed by atoms with van der Waals surface area (Å²) in [5.74, 6) is 0. The van der Waals surface area contributed by atoms with Crippen molar-refractivity contribution in [3.63, 3.8) is 0 Å². The van der Waals surface area contributed by atoms with E-state index in [-0.39, 0.29) is 0 Å². The van der Waals surface area contributed by atoms with Gasteiger partial charge in [0, 0.05) is 23.6 Å². The van der Waals surface area contributed by atoms with Gasteiger partial charge in [0.25, 0.3) is 0 Å². The molecule has 2 rings (SSSR count). The van der Waals surface area contributed by atoms with E-state index in [1.807, 2.05) is 0 Å². The molecular formula is C14H21BrN2. The molecule has 0 spiro atoms. The molecule has 1 heterocycles.